The Morgan fingerprint density at radius 3 is 2.10 bits per heavy atom. The van der Waals surface area contributed by atoms with Crippen LogP contribution >= 0.6 is 11.6 Å². The van der Waals surface area contributed by atoms with Gasteiger partial charge < -0.3 is 9.47 Å². The second-order valence-electron chi connectivity index (χ2n) is 6.15. The van der Waals surface area contributed by atoms with Crippen molar-refractivity contribution < 1.29 is 9.47 Å². The van der Waals surface area contributed by atoms with Crippen molar-refractivity contribution in [1.29, 1.82) is 0 Å². The summed E-state index contributed by atoms with van der Waals surface area (Å²) in [5, 5.41) is 2.72. The molecule has 0 spiro atoms. The predicted octanol–water partition coefficient (Wildman–Crippen LogP) is 5.56. The zero-order chi connectivity index (χ0) is 15.4. The molecule has 0 aromatic heterocycles. The third-order valence-electron chi connectivity index (χ3n) is 3.03. The monoisotopic (exact) mass is 306 g/mol. The van der Waals surface area contributed by atoms with Gasteiger partial charge in [0.2, 0.25) is 0 Å². The summed E-state index contributed by atoms with van der Waals surface area (Å²) in [6, 6.07) is 10.0. The average Bonchev–Trinajstić information content (AvgIpc) is 2.42. The van der Waals surface area contributed by atoms with Crippen LogP contribution < -0.4 is 9.47 Å². The van der Waals surface area contributed by atoms with Crippen LogP contribution in [0.5, 0.6) is 11.5 Å². The van der Waals surface area contributed by atoms with Gasteiger partial charge in [0, 0.05) is 5.39 Å². The zero-order valence-electron chi connectivity index (χ0n) is 13.2. The van der Waals surface area contributed by atoms with Gasteiger partial charge in [-0.2, -0.15) is 0 Å². The van der Waals surface area contributed by atoms with Crippen molar-refractivity contribution in [1.82, 2.24) is 0 Å². The number of halogens is 1. The Hall–Kier alpha value is -1.41. The largest absolute Gasteiger partial charge is 0.489 e. The molecule has 2 aromatic carbocycles. The molecule has 0 saturated heterocycles. The fraction of sp³-hybridized carbons (Fsp3) is 0.444. The van der Waals surface area contributed by atoms with E-state index in [-0.39, 0.29) is 0 Å². The van der Waals surface area contributed by atoms with E-state index < -0.39 is 0 Å². The number of hydrogen-bond donors (Lipinski definition) is 0. The van der Waals surface area contributed by atoms with Gasteiger partial charge >= 0.3 is 0 Å². The highest BCUT2D eigenvalue weighted by Gasteiger charge is 2.16. The Morgan fingerprint density at radius 1 is 0.905 bits per heavy atom. The number of benzene rings is 2. The molecule has 2 aromatic rings. The topological polar surface area (TPSA) is 18.5 Å². The van der Waals surface area contributed by atoms with Gasteiger partial charge in [0.05, 0.1) is 18.2 Å². The summed E-state index contributed by atoms with van der Waals surface area (Å²) in [5.41, 5.74) is 0. The van der Waals surface area contributed by atoms with Crippen molar-refractivity contribution in [2.45, 2.75) is 27.7 Å². The van der Waals surface area contributed by atoms with Crippen LogP contribution in [0.1, 0.15) is 27.7 Å². The zero-order valence-corrected chi connectivity index (χ0v) is 13.9. The van der Waals surface area contributed by atoms with Crippen molar-refractivity contribution in [2.75, 3.05) is 13.2 Å². The molecule has 0 aliphatic heterocycles. The number of fused-ring (bicyclic) bond motifs is 1. The first-order chi connectivity index (χ1) is 9.99. The summed E-state index contributed by atoms with van der Waals surface area (Å²) in [5.74, 6) is 2.29. The summed E-state index contributed by atoms with van der Waals surface area (Å²) in [6.07, 6.45) is 0. The first-order valence-electron chi connectivity index (χ1n) is 7.46. The lowest BCUT2D eigenvalue weighted by atomic mass is 10.1. The van der Waals surface area contributed by atoms with Crippen molar-refractivity contribution >= 4 is 22.4 Å². The SMILES string of the molecule is CC(C)COc1c(Cl)cc2ccccc2c1OCC(C)C. The number of rotatable bonds is 6. The van der Waals surface area contributed by atoms with Gasteiger partial charge in [-0.15, -0.1) is 0 Å². The van der Waals surface area contributed by atoms with Crippen LogP contribution in [0.15, 0.2) is 30.3 Å². The van der Waals surface area contributed by atoms with Crippen molar-refractivity contribution in [3.8, 4) is 11.5 Å². The maximum Gasteiger partial charge on any atom is 0.180 e. The van der Waals surface area contributed by atoms with Crippen LogP contribution in [0.25, 0.3) is 10.8 Å². The van der Waals surface area contributed by atoms with Crippen molar-refractivity contribution in [2.24, 2.45) is 11.8 Å². The molecular formula is C18H23ClO2. The van der Waals surface area contributed by atoms with Crippen LogP contribution in [0.3, 0.4) is 0 Å². The molecule has 114 valence electrons. The molecule has 0 unspecified atom stereocenters. The quantitative estimate of drug-likeness (QED) is 0.695. The molecule has 0 aliphatic rings. The highest BCUT2D eigenvalue weighted by Crippen LogP contribution is 2.42. The van der Waals surface area contributed by atoms with Gasteiger partial charge in [0.1, 0.15) is 0 Å². The molecule has 0 atom stereocenters. The second kappa shape index (κ2) is 7.04. The molecule has 0 heterocycles. The second-order valence-corrected chi connectivity index (χ2v) is 6.55. The smallest absolute Gasteiger partial charge is 0.180 e. The number of hydrogen-bond acceptors (Lipinski definition) is 2. The van der Waals surface area contributed by atoms with Gasteiger partial charge in [-0.1, -0.05) is 63.6 Å². The standard InChI is InChI=1S/C18H23ClO2/c1-12(2)10-20-17-15-8-6-5-7-14(15)9-16(19)18(17)21-11-13(3)4/h5-9,12-13H,10-11H2,1-4H3. The van der Waals surface area contributed by atoms with E-state index in [0.29, 0.717) is 35.8 Å². The molecule has 0 N–H and O–H groups in total. The van der Waals surface area contributed by atoms with Crippen LogP contribution in [0.4, 0.5) is 0 Å². The Bertz CT molecular complexity index is 605. The molecule has 3 heteroatoms. The maximum atomic E-state index is 6.40. The Morgan fingerprint density at radius 2 is 1.48 bits per heavy atom. The lowest BCUT2D eigenvalue weighted by Gasteiger charge is -2.18. The van der Waals surface area contributed by atoms with E-state index in [1.54, 1.807) is 0 Å². The van der Waals surface area contributed by atoms with E-state index in [1.165, 1.54) is 0 Å². The minimum atomic E-state index is 0.436. The summed E-state index contributed by atoms with van der Waals surface area (Å²) in [7, 11) is 0. The summed E-state index contributed by atoms with van der Waals surface area (Å²) in [4.78, 5) is 0. The van der Waals surface area contributed by atoms with Crippen LogP contribution in [0, 0.1) is 11.8 Å². The van der Waals surface area contributed by atoms with E-state index in [0.717, 1.165) is 16.5 Å². The van der Waals surface area contributed by atoms with Gasteiger partial charge in [0.25, 0.3) is 0 Å². The normalized spacial score (nSPS) is 11.4. The third kappa shape index (κ3) is 4.04. The lowest BCUT2D eigenvalue weighted by molar-refractivity contribution is 0.232. The molecule has 21 heavy (non-hydrogen) atoms. The minimum Gasteiger partial charge on any atom is -0.489 e. The van der Waals surface area contributed by atoms with E-state index >= 15 is 0 Å². The molecule has 2 nitrogen and oxygen atoms in total. The summed E-state index contributed by atoms with van der Waals surface area (Å²) < 4.78 is 11.9. The molecular weight excluding hydrogens is 284 g/mol. The lowest BCUT2D eigenvalue weighted by Crippen LogP contribution is -2.09. The summed E-state index contributed by atoms with van der Waals surface area (Å²) >= 11 is 6.40. The Balaban J connectivity index is 2.47. The first kappa shape index (κ1) is 16.0. The van der Waals surface area contributed by atoms with E-state index in [2.05, 4.69) is 27.7 Å². The average molecular weight is 307 g/mol. The van der Waals surface area contributed by atoms with Gasteiger partial charge in [-0.3, -0.25) is 0 Å². The molecule has 0 bridgehead atoms. The predicted molar refractivity (Wildman–Crippen MR) is 89.6 cm³/mol. The molecule has 0 saturated carbocycles. The Labute approximate surface area is 132 Å². The molecule has 0 radical (unpaired) electrons. The van der Waals surface area contributed by atoms with Crippen LogP contribution in [-0.2, 0) is 0 Å². The minimum absolute atomic E-state index is 0.436. The summed E-state index contributed by atoms with van der Waals surface area (Å²) in [6.45, 7) is 9.74. The fourth-order valence-electron chi connectivity index (χ4n) is 2.04. The molecule has 0 aliphatic carbocycles. The Kier molecular flexibility index (Phi) is 5.35. The molecule has 0 amide bonds. The van der Waals surface area contributed by atoms with Crippen LogP contribution in [-0.4, -0.2) is 13.2 Å². The molecule has 0 fully saturated rings. The third-order valence-corrected chi connectivity index (χ3v) is 3.31. The fourth-order valence-corrected chi connectivity index (χ4v) is 2.30. The van der Waals surface area contributed by atoms with E-state index in [4.69, 9.17) is 21.1 Å². The van der Waals surface area contributed by atoms with E-state index in [9.17, 15) is 0 Å². The van der Waals surface area contributed by atoms with Crippen molar-refractivity contribution in [3.63, 3.8) is 0 Å². The maximum absolute atomic E-state index is 6.40. The van der Waals surface area contributed by atoms with Gasteiger partial charge in [-0.25, -0.2) is 0 Å². The van der Waals surface area contributed by atoms with Gasteiger partial charge in [0.15, 0.2) is 11.5 Å². The van der Waals surface area contributed by atoms with Crippen molar-refractivity contribution in [3.05, 3.63) is 35.4 Å². The molecule has 2 rings (SSSR count). The first-order valence-corrected chi connectivity index (χ1v) is 7.83. The highest BCUT2D eigenvalue weighted by atomic mass is 35.5. The van der Waals surface area contributed by atoms with E-state index in [1.807, 2.05) is 30.3 Å². The van der Waals surface area contributed by atoms with Gasteiger partial charge in [-0.05, 0) is 23.3 Å². The highest BCUT2D eigenvalue weighted by molar-refractivity contribution is 6.33. The number of ether oxygens (including phenoxy) is 2. The van der Waals surface area contributed by atoms with Crippen LogP contribution in [0.2, 0.25) is 5.02 Å².